The number of nitrogens with zero attached hydrogens (tertiary/aromatic N) is 2. The highest BCUT2D eigenvalue weighted by atomic mass is 32.2. The van der Waals surface area contributed by atoms with Crippen LogP contribution in [0.5, 0.6) is 0 Å². The van der Waals surface area contributed by atoms with E-state index >= 15 is 0 Å². The van der Waals surface area contributed by atoms with Crippen LogP contribution in [0.1, 0.15) is 35.5 Å². The molecule has 0 aliphatic carbocycles. The fourth-order valence-corrected chi connectivity index (χ4v) is 2.57. The summed E-state index contributed by atoms with van der Waals surface area (Å²) in [5, 5.41) is 10.3. The van der Waals surface area contributed by atoms with Crippen LogP contribution in [0.4, 0.5) is 0 Å². The highest BCUT2D eigenvalue weighted by Gasteiger charge is 2.11. The molecule has 0 aliphatic rings. The first-order valence-corrected chi connectivity index (χ1v) is 7.82. The molecular formula is C15H20N4OS. The van der Waals surface area contributed by atoms with Gasteiger partial charge in [-0.05, 0) is 44.4 Å². The van der Waals surface area contributed by atoms with Crippen LogP contribution in [0, 0.1) is 20.8 Å². The maximum Gasteiger partial charge on any atom is 0.230 e. The number of carbonyl (C=O) groups is 1. The number of carbonyl (C=O) groups excluding carboxylic acids is 1. The quantitative estimate of drug-likeness (QED) is 0.833. The Morgan fingerprint density at radius 1 is 1.33 bits per heavy atom. The summed E-state index contributed by atoms with van der Waals surface area (Å²) in [6.45, 7) is 7.98. The molecule has 1 aromatic heterocycles. The van der Waals surface area contributed by atoms with Crippen LogP contribution in [-0.4, -0.2) is 26.8 Å². The molecule has 0 saturated carbocycles. The number of hydrogen-bond acceptors (Lipinski definition) is 4. The molecule has 2 rings (SSSR count). The molecule has 2 aromatic rings. The SMILES string of the molecule is Cc1nc(SCC(=O)NC(C)c2ccc(C)c(C)c2)n[nH]1. The van der Waals surface area contributed by atoms with E-state index in [9.17, 15) is 4.79 Å². The zero-order valence-corrected chi connectivity index (χ0v) is 13.5. The summed E-state index contributed by atoms with van der Waals surface area (Å²) in [6, 6.07) is 6.25. The molecule has 0 fully saturated rings. The van der Waals surface area contributed by atoms with Crippen molar-refractivity contribution >= 4 is 17.7 Å². The zero-order chi connectivity index (χ0) is 15.4. The van der Waals surface area contributed by atoms with Crippen LogP contribution < -0.4 is 5.32 Å². The van der Waals surface area contributed by atoms with Crippen LogP contribution in [0.2, 0.25) is 0 Å². The predicted octanol–water partition coefficient (Wildman–Crippen LogP) is 2.70. The molecule has 5 nitrogen and oxygen atoms in total. The normalized spacial score (nSPS) is 12.2. The minimum Gasteiger partial charge on any atom is -0.349 e. The van der Waals surface area contributed by atoms with Gasteiger partial charge in [0.1, 0.15) is 5.82 Å². The van der Waals surface area contributed by atoms with Crippen molar-refractivity contribution in [2.45, 2.75) is 38.9 Å². The van der Waals surface area contributed by atoms with Crippen molar-refractivity contribution in [2.24, 2.45) is 0 Å². The molecule has 0 saturated heterocycles. The fraction of sp³-hybridized carbons (Fsp3) is 0.400. The van der Waals surface area contributed by atoms with Gasteiger partial charge in [0.2, 0.25) is 11.1 Å². The average Bonchev–Trinajstić information content (AvgIpc) is 2.85. The Kier molecular flexibility index (Phi) is 5.01. The number of nitrogens with one attached hydrogen (secondary N) is 2. The third-order valence-electron chi connectivity index (χ3n) is 3.32. The number of aromatic nitrogens is 3. The number of hydrogen-bond donors (Lipinski definition) is 2. The van der Waals surface area contributed by atoms with Crippen molar-refractivity contribution in [3.8, 4) is 0 Å². The molecule has 6 heteroatoms. The standard InChI is InChI=1S/C15H20N4OS/c1-9-5-6-13(7-10(9)2)11(3)16-14(20)8-21-15-17-12(4)18-19-15/h5-7,11H,8H2,1-4H3,(H,16,20)(H,17,18,19). The molecule has 21 heavy (non-hydrogen) atoms. The molecule has 0 spiro atoms. The molecule has 1 aromatic carbocycles. The number of thioether (sulfide) groups is 1. The molecule has 0 radical (unpaired) electrons. The summed E-state index contributed by atoms with van der Waals surface area (Å²) < 4.78 is 0. The summed E-state index contributed by atoms with van der Waals surface area (Å²) in [5.74, 6) is 1.04. The minimum absolute atomic E-state index is 0.00807. The number of rotatable bonds is 5. The Morgan fingerprint density at radius 3 is 2.71 bits per heavy atom. The second kappa shape index (κ2) is 6.76. The van der Waals surface area contributed by atoms with E-state index in [0.717, 1.165) is 11.4 Å². The molecule has 1 unspecified atom stereocenters. The van der Waals surface area contributed by atoms with Gasteiger partial charge < -0.3 is 5.32 Å². The first-order chi connectivity index (χ1) is 9.95. The Labute approximate surface area is 128 Å². The van der Waals surface area contributed by atoms with Crippen LogP contribution in [0.25, 0.3) is 0 Å². The lowest BCUT2D eigenvalue weighted by molar-refractivity contribution is -0.119. The summed E-state index contributed by atoms with van der Waals surface area (Å²) in [4.78, 5) is 16.1. The second-order valence-corrected chi connectivity index (χ2v) is 6.07. The van der Waals surface area contributed by atoms with Gasteiger partial charge in [0, 0.05) is 0 Å². The Bertz CT molecular complexity index is 638. The fourth-order valence-electron chi connectivity index (χ4n) is 1.92. The van der Waals surface area contributed by atoms with Gasteiger partial charge in [0.15, 0.2) is 0 Å². The van der Waals surface area contributed by atoms with Gasteiger partial charge in [-0.2, -0.15) is 0 Å². The van der Waals surface area contributed by atoms with Crippen molar-refractivity contribution in [2.75, 3.05) is 5.75 Å². The van der Waals surface area contributed by atoms with Crippen LogP contribution in [0.3, 0.4) is 0 Å². The summed E-state index contributed by atoms with van der Waals surface area (Å²) in [7, 11) is 0. The van der Waals surface area contributed by atoms with Crippen molar-refractivity contribution in [3.63, 3.8) is 0 Å². The summed E-state index contributed by atoms with van der Waals surface area (Å²) in [5.41, 5.74) is 3.61. The molecule has 2 N–H and O–H groups in total. The number of H-pyrrole nitrogens is 1. The Morgan fingerprint density at radius 2 is 2.10 bits per heavy atom. The van der Waals surface area contributed by atoms with Crippen molar-refractivity contribution < 1.29 is 4.79 Å². The number of aryl methyl sites for hydroxylation is 3. The van der Waals surface area contributed by atoms with Crippen molar-refractivity contribution in [1.82, 2.24) is 20.5 Å². The highest BCUT2D eigenvalue weighted by molar-refractivity contribution is 7.99. The Balaban J connectivity index is 1.88. The Hall–Kier alpha value is -1.82. The predicted molar refractivity (Wildman–Crippen MR) is 84.3 cm³/mol. The van der Waals surface area contributed by atoms with Crippen LogP contribution in [-0.2, 0) is 4.79 Å². The van der Waals surface area contributed by atoms with Crippen molar-refractivity contribution in [3.05, 3.63) is 40.7 Å². The van der Waals surface area contributed by atoms with Crippen LogP contribution >= 0.6 is 11.8 Å². The first-order valence-electron chi connectivity index (χ1n) is 6.84. The van der Waals surface area contributed by atoms with E-state index in [1.54, 1.807) is 0 Å². The summed E-state index contributed by atoms with van der Waals surface area (Å²) in [6.07, 6.45) is 0. The lowest BCUT2D eigenvalue weighted by atomic mass is 10.0. The van der Waals surface area contributed by atoms with E-state index in [1.165, 1.54) is 22.9 Å². The van der Waals surface area contributed by atoms with E-state index in [-0.39, 0.29) is 11.9 Å². The third-order valence-corrected chi connectivity index (χ3v) is 4.16. The van der Waals surface area contributed by atoms with Gasteiger partial charge in [0.05, 0.1) is 11.8 Å². The largest absolute Gasteiger partial charge is 0.349 e. The molecule has 112 valence electrons. The second-order valence-electron chi connectivity index (χ2n) is 5.12. The lowest BCUT2D eigenvalue weighted by Crippen LogP contribution is -2.28. The molecule has 0 aliphatic heterocycles. The van der Waals surface area contributed by atoms with Crippen molar-refractivity contribution in [1.29, 1.82) is 0 Å². The third kappa shape index (κ3) is 4.32. The first kappa shape index (κ1) is 15.6. The topological polar surface area (TPSA) is 70.7 Å². The molecule has 0 bridgehead atoms. The van der Waals surface area contributed by atoms with Gasteiger partial charge in [0.25, 0.3) is 0 Å². The monoisotopic (exact) mass is 304 g/mol. The number of benzene rings is 1. The molecule has 1 amide bonds. The smallest absolute Gasteiger partial charge is 0.230 e. The van der Waals surface area contributed by atoms with E-state index in [1.807, 2.05) is 13.8 Å². The van der Waals surface area contributed by atoms with E-state index in [4.69, 9.17) is 0 Å². The molecule has 1 heterocycles. The zero-order valence-electron chi connectivity index (χ0n) is 12.7. The van der Waals surface area contributed by atoms with Gasteiger partial charge in [-0.3, -0.25) is 9.89 Å². The molecular weight excluding hydrogens is 284 g/mol. The van der Waals surface area contributed by atoms with Gasteiger partial charge >= 0.3 is 0 Å². The van der Waals surface area contributed by atoms with E-state index < -0.39 is 0 Å². The number of amides is 1. The maximum absolute atomic E-state index is 12.0. The van der Waals surface area contributed by atoms with Gasteiger partial charge in [-0.1, -0.05) is 30.0 Å². The van der Waals surface area contributed by atoms with Gasteiger partial charge in [-0.25, -0.2) is 4.98 Å². The number of aromatic amines is 1. The average molecular weight is 304 g/mol. The van der Waals surface area contributed by atoms with E-state index in [2.05, 4.69) is 52.5 Å². The maximum atomic E-state index is 12.0. The van der Waals surface area contributed by atoms with Crippen LogP contribution in [0.15, 0.2) is 23.4 Å². The van der Waals surface area contributed by atoms with Gasteiger partial charge in [-0.15, -0.1) is 5.10 Å². The molecule has 1 atom stereocenters. The summed E-state index contributed by atoms with van der Waals surface area (Å²) >= 11 is 1.33. The minimum atomic E-state index is -0.0202. The van der Waals surface area contributed by atoms with E-state index in [0.29, 0.717) is 10.9 Å². The lowest BCUT2D eigenvalue weighted by Gasteiger charge is -2.15. The highest BCUT2D eigenvalue weighted by Crippen LogP contribution is 2.17.